The molecule has 32 heavy (non-hydrogen) atoms. The van der Waals surface area contributed by atoms with Crippen LogP contribution in [0.2, 0.25) is 0 Å². The van der Waals surface area contributed by atoms with Crippen LogP contribution in [-0.4, -0.2) is 37.4 Å². The van der Waals surface area contributed by atoms with Crippen molar-refractivity contribution in [3.63, 3.8) is 0 Å². The monoisotopic (exact) mass is 450 g/mol. The molecule has 0 radical (unpaired) electrons. The normalized spacial score (nSPS) is 21.5. The number of pyridine rings is 2. The van der Waals surface area contributed by atoms with E-state index >= 15 is 0 Å². The third-order valence-corrected chi connectivity index (χ3v) is 7.32. The third kappa shape index (κ3) is 5.42. The molecule has 168 valence electrons. The predicted molar refractivity (Wildman–Crippen MR) is 128 cm³/mol. The third-order valence-electron chi connectivity index (χ3n) is 6.37. The zero-order chi connectivity index (χ0) is 21.8. The Labute approximate surface area is 192 Å². The van der Waals surface area contributed by atoms with Gasteiger partial charge >= 0.3 is 0 Å². The topological polar surface area (TPSA) is 98.8 Å². The van der Waals surface area contributed by atoms with Crippen LogP contribution in [0, 0.1) is 0 Å². The lowest BCUT2D eigenvalue weighted by Gasteiger charge is -2.26. The van der Waals surface area contributed by atoms with Crippen LogP contribution < -0.4 is 10.6 Å². The number of aliphatic hydroxyl groups is 1. The first-order chi connectivity index (χ1) is 15.7. The standard InChI is InChI=1S/C24H30N6OS/c31-18-9-7-17(8-10-18)26-22-12-20(32-19-6-3-11-25-15-19)13-23(27-22)28-24-14-21(29-30-24)16-4-1-2-5-16/h3,6,11-18,31H,1-2,4-5,7-10H2,(H3,26,27,28,29,30). The molecule has 0 atom stereocenters. The second kappa shape index (κ2) is 9.92. The first kappa shape index (κ1) is 21.3. The van der Waals surface area contributed by atoms with Gasteiger partial charge in [-0.25, -0.2) is 4.98 Å². The molecule has 0 aliphatic heterocycles. The number of aromatic amines is 1. The van der Waals surface area contributed by atoms with Crippen LogP contribution >= 0.6 is 11.8 Å². The lowest BCUT2D eigenvalue weighted by atomic mass is 9.93. The molecule has 0 bridgehead atoms. The minimum absolute atomic E-state index is 0.167. The maximum atomic E-state index is 9.82. The van der Waals surface area contributed by atoms with Crippen molar-refractivity contribution in [2.24, 2.45) is 0 Å². The molecule has 8 heteroatoms. The Kier molecular flexibility index (Phi) is 6.59. The largest absolute Gasteiger partial charge is 0.393 e. The molecule has 0 unspecified atom stereocenters. The minimum atomic E-state index is -0.167. The van der Waals surface area contributed by atoms with Gasteiger partial charge in [0.1, 0.15) is 11.6 Å². The molecule has 3 aromatic rings. The van der Waals surface area contributed by atoms with Crippen LogP contribution in [-0.2, 0) is 0 Å². The summed E-state index contributed by atoms with van der Waals surface area (Å²) in [5.41, 5.74) is 1.21. The maximum absolute atomic E-state index is 9.82. The van der Waals surface area contributed by atoms with E-state index in [-0.39, 0.29) is 6.10 Å². The van der Waals surface area contributed by atoms with Crippen LogP contribution in [0.1, 0.15) is 63.0 Å². The van der Waals surface area contributed by atoms with Gasteiger partial charge in [0.15, 0.2) is 5.82 Å². The van der Waals surface area contributed by atoms with Crippen molar-refractivity contribution in [2.45, 2.75) is 79.2 Å². The highest BCUT2D eigenvalue weighted by Crippen LogP contribution is 2.35. The van der Waals surface area contributed by atoms with Gasteiger partial charge in [0.2, 0.25) is 0 Å². The summed E-state index contributed by atoms with van der Waals surface area (Å²) < 4.78 is 0. The van der Waals surface area contributed by atoms with Crippen LogP contribution in [0.25, 0.3) is 0 Å². The van der Waals surface area contributed by atoms with E-state index in [1.54, 1.807) is 18.0 Å². The molecule has 0 aromatic carbocycles. The fraction of sp³-hybridized carbons (Fsp3) is 0.458. The van der Waals surface area contributed by atoms with Gasteiger partial charge in [0.05, 0.1) is 6.10 Å². The first-order valence-electron chi connectivity index (χ1n) is 11.6. The number of hydrogen-bond donors (Lipinski definition) is 4. The van der Waals surface area contributed by atoms with Gasteiger partial charge in [-0.05, 0) is 62.8 Å². The number of aromatic nitrogens is 4. The molecule has 4 N–H and O–H groups in total. The molecule has 2 fully saturated rings. The summed E-state index contributed by atoms with van der Waals surface area (Å²) >= 11 is 1.66. The Bertz CT molecular complexity index is 1010. The Morgan fingerprint density at radius 1 is 0.938 bits per heavy atom. The minimum Gasteiger partial charge on any atom is -0.393 e. The van der Waals surface area contributed by atoms with Crippen LogP contribution in [0.3, 0.4) is 0 Å². The molecule has 2 saturated carbocycles. The summed E-state index contributed by atoms with van der Waals surface area (Å²) in [5, 5.41) is 24.5. The number of anilines is 3. The summed E-state index contributed by atoms with van der Waals surface area (Å²) in [5.74, 6) is 3.00. The van der Waals surface area contributed by atoms with Crippen molar-refractivity contribution in [1.82, 2.24) is 20.2 Å². The van der Waals surface area contributed by atoms with Gasteiger partial charge in [0, 0.05) is 45.9 Å². The Morgan fingerprint density at radius 2 is 1.75 bits per heavy atom. The van der Waals surface area contributed by atoms with Crippen molar-refractivity contribution in [2.75, 3.05) is 10.6 Å². The second-order valence-electron chi connectivity index (χ2n) is 8.83. The second-order valence-corrected chi connectivity index (χ2v) is 9.98. The highest BCUT2D eigenvalue weighted by molar-refractivity contribution is 7.99. The average Bonchev–Trinajstić information content (AvgIpc) is 3.48. The molecule has 7 nitrogen and oxygen atoms in total. The van der Waals surface area contributed by atoms with Crippen molar-refractivity contribution in [3.05, 3.63) is 48.4 Å². The van der Waals surface area contributed by atoms with E-state index in [0.29, 0.717) is 12.0 Å². The van der Waals surface area contributed by atoms with E-state index in [2.05, 4.69) is 50.1 Å². The SMILES string of the molecule is OC1CCC(Nc2cc(Sc3cccnc3)cc(Nc3cc(C4CCCC4)[nH]n3)n2)CC1. The smallest absolute Gasteiger partial charge is 0.153 e. The maximum Gasteiger partial charge on any atom is 0.153 e. The zero-order valence-corrected chi connectivity index (χ0v) is 18.9. The first-order valence-corrected chi connectivity index (χ1v) is 12.4. The highest BCUT2D eigenvalue weighted by Gasteiger charge is 2.21. The van der Waals surface area contributed by atoms with Crippen molar-refractivity contribution in [1.29, 1.82) is 0 Å². The molecular formula is C24H30N6OS. The Balaban J connectivity index is 1.35. The van der Waals surface area contributed by atoms with Crippen molar-refractivity contribution >= 4 is 29.2 Å². The molecule has 2 aliphatic rings. The van der Waals surface area contributed by atoms with E-state index in [1.165, 1.54) is 31.4 Å². The molecular weight excluding hydrogens is 420 g/mol. The number of nitrogens with zero attached hydrogens (tertiary/aromatic N) is 3. The van der Waals surface area contributed by atoms with Gasteiger partial charge in [-0.2, -0.15) is 5.10 Å². The van der Waals surface area contributed by atoms with Gasteiger partial charge in [0.25, 0.3) is 0 Å². The molecule has 0 amide bonds. The summed E-state index contributed by atoms with van der Waals surface area (Å²) in [6.45, 7) is 0. The molecule has 3 heterocycles. The van der Waals surface area contributed by atoms with E-state index in [0.717, 1.165) is 52.9 Å². The fourth-order valence-corrected chi connectivity index (χ4v) is 5.53. The molecule has 3 aromatic heterocycles. The van der Waals surface area contributed by atoms with E-state index < -0.39 is 0 Å². The lowest BCUT2D eigenvalue weighted by Crippen LogP contribution is -2.28. The molecule has 0 saturated heterocycles. The van der Waals surface area contributed by atoms with Crippen LogP contribution in [0.5, 0.6) is 0 Å². The van der Waals surface area contributed by atoms with Crippen molar-refractivity contribution < 1.29 is 5.11 Å². The van der Waals surface area contributed by atoms with Crippen molar-refractivity contribution in [3.8, 4) is 0 Å². The number of H-pyrrole nitrogens is 1. The van der Waals surface area contributed by atoms with Crippen LogP contribution in [0.4, 0.5) is 17.5 Å². The number of hydrogen-bond acceptors (Lipinski definition) is 7. The zero-order valence-electron chi connectivity index (χ0n) is 18.1. The average molecular weight is 451 g/mol. The summed E-state index contributed by atoms with van der Waals surface area (Å²) in [7, 11) is 0. The summed E-state index contributed by atoms with van der Waals surface area (Å²) in [4.78, 5) is 11.2. The van der Waals surface area contributed by atoms with E-state index in [4.69, 9.17) is 4.98 Å². The van der Waals surface area contributed by atoms with Gasteiger partial charge < -0.3 is 15.7 Å². The van der Waals surface area contributed by atoms with Gasteiger partial charge in [-0.3, -0.25) is 10.1 Å². The number of rotatable bonds is 7. The molecule has 5 rings (SSSR count). The van der Waals surface area contributed by atoms with E-state index in [9.17, 15) is 5.11 Å². The molecule has 0 spiro atoms. The fourth-order valence-electron chi connectivity index (χ4n) is 4.65. The van der Waals surface area contributed by atoms with E-state index in [1.807, 2.05) is 12.3 Å². The lowest BCUT2D eigenvalue weighted by molar-refractivity contribution is 0.126. The number of aliphatic hydroxyl groups excluding tert-OH is 1. The summed E-state index contributed by atoms with van der Waals surface area (Å²) in [6, 6.07) is 10.6. The predicted octanol–water partition coefficient (Wildman–Crippen LogP) is 5.47. The van der Waals surface area contributed by atoms with Gasteiger partial charge in [-0.1, -0.05) is 24.6 Å². The number of nitrogens with one attached hydrogen (secondary N) is 3. The Hall–Kier alpha value is -2.58. The molecule has 2 aliphatic carbocycles. The highest BCUT2D eigenvalue weighted by atomic mass is 32.2. The van der Waals surface area contributed by atoms with Gasteiger partial charge in [-0.15, -0.1) is 0 Å². The quantitative estimate of drug-likeness (QED) is 0.379. The van der Waals surface area contributed by atoms with Crippen LogP contribution in [0.15, 0.2) is 52.5 Å². The summed E-state index contributed by atoms with van der Waals surface area (Å²) in [6.07, 6.45) is 12.1. The Morgan fingerprint density at radius 3 is 2.53 bits per heavy atom.